The zero-order valence-electron chi connectivity index (χ0n) is 19.4. The maximum atomic E-state index is 12.5. The van der Waals surface area contributed by atoms with Crippen molar-refractivity contribution in [1.29, 1.82) is 0 Å². The smallest absolute Gasteiger partial charge is 0.303 e. The summed E-state index contributed by atoms with van der Waals surface area (Å²) < 4.78 is 6.29. The van der Waals surface area contributed by atoms with Gasteiger partial charge in [0.1, 0.15) is 6.10 Å². The molecule has 4 aromatic rings. The lowest BCUT2D eigenvalue weighted by atomic mass is 9.84. The summed E-state index contributed by atoms with van der Waals surface area (Å²) in [7, 11) is -0.775. The minimum Gasteiger partial charge on any atom is -0.456 e. The molecule has 0 amide bonds. The second-order valence-electron chi connectivity index (χ2n) is 8.86. The molecule has 170 valence electrons. The van der Waals surface area contributed by atoms with E-state index in [-0.39, 0.29) is 17.2 Å². The molecule has 0 spiro atoms. The van der Waals surface area contributed by atoms with Crippen molar-refractivity contribution in [2.75, 3.05) is 0 Å². The number of carbonyl (C=O) groups is 1. The van der Waals surface area contributed by atoms with Crippen molar-refractivity contribution in [1.82, 2.24) is 0 Å². The number of rotatable bonds is 6. The minimum atomic E-state index is -0.775. The summed E-state index contributed by atoms with van der Waals surface area (Å²) in [6.07, 6.45) is 1.63. The zero-order valence-corrected chi connectivity index (χ0v) is 20.3. The lowest BCUT2D eigenvalue weighted by molar-refractivity contribution is -0.149. The van der Waals surface area contributed by atoms with Gasteiger partial charge in [0.05, 0.1) is 5.16 Å². The first-order chi connectivity index (χ1) is 16.7. The molecule has 0 N–H and O–H groups in total. The Labute approximate surface area is 203 Å². The Hall–Kier alpha value is -3.22. The van der Waals surface area contributed by atoms with Gasteiger partial charge in [-0.1, -0.05) is 129 Å². The monoisotopic (exact) mass is 464 g/mol. The van der Waals surface area contributed by atoms with Gasteiger partial charge in [0.2, 0.25) is 0 Å². The summed E-state index contributed by atoms with van der Waals surface area (Å²) >= 11 is 0. The van der Waals surface area contributed by atoms with Crippen LogP contribution in [-0.2, 0) is 14.7 Å². The van der Waals surface area contributed by atoms with Gasteiger partial charge in [0, 0.05) is 12.6 Å². The van der Waals surface area contributed by atoms with Crippen molar-refractivity contribution >= 4 is 19.2 Å². The van der Waals surface area contributed by atoms with Crippen LogP contribution < -0.4 is 5.30 Å². The van der Waals surface area contributed by atoms with Gasteiger partial charge in [-0.15, -0.1) is 0 Å². The fraction of sp³-hybridized carbons (Fsp3) is 0.194. The molecule has 5 rings (SSSR count). The predicted molar refractivity (Wildman–Crippen MR) is 140 cm³/mol. The summed E-state index contributed by atoms with van der Waals surface area (Å²) in [4.78, 5) is 12.5. The van der Waals surface area contributed by atoms with Crippen LogP contribution in [0.5, 0.6) is 0 Å². The van der Waals surface area contributed by atoms with Gasteiger partial charge in [-0.25, -0.2) is 0 Å². The van der Waals surface area contributed by atoms with Crippen molar-refractivity contribution in [3.8, 4) is 0 Å². The van der Waals surface area contributed by atoms with Gasteiger partial charge < -0.3 is 4.74 Å². The predicted octanol–water partition coefficient (Wildman–Crippen LogP) is 7.53. The number of hydrogen-bond donors (Lipinski definition) is 0. The molecule has 3 heteroatoms. The molecule has 1 saturated heterocycles. The number of benzene rings is 4. The van der Waals surface area contributed by atoms with E-state index < -0.39 is 7.92 Å². The van der Waals surface area contributed by atoms with Crippen LogP contribution in [0.2, 0.25) is 0 Å². The molecule has 2 nitrogen and oxygen atoms in total. The van der Waals surface area contributed by atoms with Gasteiger partial charge in [-0.2, -0.15) is 0 Å². The quantitative estimate of drug-likeness (QED) is 0.218. The summed E-state index contributed by atoms with van der Waals surface area (Å²) in [5.41, 5.74) is 4.04. The average Bonchev–Trinajstić information content (AvgIpc) is 3.30. The van der Waals surface area contributed by atoms with Crippen molar-refractivity contribution in [2.45, 2.75) is 36.7 Å². The standard InChI is InChI=1S/C31H29O2P/c1-24(32)33-30(26-16-8-3-9-17-26)31(27-18-10-4-11-19-27)23-22-29(25-14-6-2-7-15-25)34(31)28-20-12-5-13-21-28/h2-21,29-30H,22-23H2,1H3/t29-,30+,31+,34-/m0/s1. The number of esters is 1. The molecular formula is C31H29O2P. The average molecular weight is 465 g/mol. The highest BCUT2D eigenvalue weighted by Crippen LogP contribution is 2.76. The Morgan fingerprint density at radius 3 is 1.91 bits per heavy atom. The van der Waals surface area contributed by atoms with Gasteiger partial charge in [-0.3, -0.25) is 4.79 Å². The third-order valence-electron chi connectivity index (χ3n) is 6.85. The van der Waals surface area contributed by atoms with Crippen LogP contribution in [0.25, 0.3) is 0 Å². The van der Waals surface area contributed by atoms with Gasteiger partial charge in [0.25, 0.3) is 0 Å². The molecule has 1 fully saturated rings. The van der Waals surface area contributed by atoms with Crippen molar-refractivity contribution in [3.05, 3.63) is 138 Å². The van der Waals surface area contributed by atoms with E-state index in [1.807, 2.05) is 18.2 Å². The molecule has 0 aromatic heterocycles. The van der Waals surface area contributed by atoms with Crippen molar-refractivity contribution in [3.63, 3.8) is 0 Å². The number of ether oxygens (including phenoxy) is 1. The minimum absolute atomic E-state index is 0.240. The first kappa shape index (κ1) is 22.6. The Kier molecular flexibility index (Phi) is 6.61. The van der Waals surface area contributed by atoms with E-state index >= 15 is 0 Å². The topological polar surface area (TPSA) is 26.3 Å². The third kappa shape index (κ3) is 4.19. The van der Waals surface area contributed by atoms with Crippen LogP contribution in [0.15, 0.2) is 121 Å². The highest BCUT2D eigenvalue weighted by molar-refractivity contribution is 7.67. The fourth-order valence-corrected chi connectivity index (χ4v) is 9.51. The SMILES string of the molecule is CC(=O)O[C@H](c1ccccc1)[C@]1(c2ccccc2)CC[C@@H](c2ccccc2)[P@]1c1ccccc1. The van der Waals surface area contributed by atoms with Gasteiger partial charge >= 0.3 is 5.97 Å². The van der Waals surface area contributed by atoms with Crippen LogP contribution in [0.3, 0.4) is 0 Å². The molecule has 1 aliphatic rings. The van der Waals surface area contributed by atoms with Crippen LogP contribution >= 0.6 is 7.92 Å². The second kappa shape index (κ2) is 9.95. The normalized spacial score (nSPS) is 22.7. The van der Waals surface area contributed by atoms with E-state index in [1.54, 1.807) is 0 Å². The van der Waals surface area contributed by atoms with E-state index in [2.05, 4.69) is 103 Å². The molecule has 0 saturated carbocycles. The molecule has 0 bridgehead atoms. The van der Waals surface area contributed by atoms with Crippen LogP contribution in [-0.4, -0.2) is 5.97 Å². The van der Waals surface area contributed by atoms with E-state index in [0.717, 1.165) is 18.4 Å². The molecule has 1 aliphatic heterocycles. The second-order valence-corrected chi connectivity index (χ2v) is 11.5. The Morgan fingerprint density at radius 1 is 0.794 bits per heavy atom. The Bertz CT molecular complexity index is 1210. The molecule has 0 aliphatic carbocycles. The highest BCUT2D eigenvalue weighted by atomic mass is 31.1. The molecule has 1 heterocycles. The zero-order chi connectivity index (χ0) is 23.4. The first-order valence-corrected chi connectivity index (χ1v) is 13.3. The van der Waals surface area contributed by atoms with E-state index in [4.69, 9.17) is 4.74 Å². The van der Waals surface area contributed by atoms with E-state index in [0.29, 0.717) is 5.66 Å². The first-order valence-electron chi connectivity index (χ1n) is 11.9. The highest BCUT2D eigenvalue weighted by Gasteiger charge is 2.56. The molecule has 34 heavy (non-hydrogen) atoms. The largest absolute Gasteiger partial charge is 0.456 e. The van der Waals surface area contributed by atoms with Gasteiger partial charge in [0.15, 0.2) is 0 Å². The molecule has 0 radical (unpaired) electrons. The summed E-state index contributed by atoms with van der Waals surface area (Å²) in [5.74, 6) is -0.240. The maximum Gasteiger partial charge on any atom is 0.303 e. The Morgan fingerprint density at radius 2 is 1.32 bits per heavy atom. The van der Waals surface area contributed by atoms with Crippen molar-refractivity contribution in [2.24, 2.45) is 0 Å². The maximum absolute atomic E-state index is 12.5. The lowest BCUT2D eigenvalue weighted by Crippen LogP contribution is -2.35. The summed E-state index contributed by atoms with van der Waals surface area (Å²) in [6, 6.07) is 42.8. The van der Waals surface area contributed by atoms with Crippen molar-refractivity contribution < 1.29 is 9.53 Å². The lowest BCUT2D eigenvalue weighted by Gasteiger charge is -2.44. The van der Waals surface area contributed by atoms with E-state index in [1.165, 1.54) is 23.4 Å². The number of carbonyl (C=O) groups excluding carboxylic acids is 1. The molecular weight excluding hydrogens is 435 g/mol. The van der Waals surface area contributed by atoms with Crippen LogP contribution in [0.4, 0.5) is 0 Å². The molecule has 4 aromatic carbocycles. The van der Waals surface area contributed by atoms with E-state index in [9.17, 15) is 4.79 Å². The van der Waals surface area contributed by atoms with Gasteiger partial charge in [-0.05, 0) is 34.8 Å². The molecule has 0 unspecified atom stereocenters. The fourth-order valence-electron chi connectivity index (χ4n) is 5.53. The third-order valence-corrected chi connectivity index (χ3v) is 10.5. The van der Waals surface area contributed by atoms with Crippen LogP contribution in [0, 0.1) is 0 Å². The summed E-state index contributed by atoms with van der Waals surface area (Å²) in [5, 5.41) is 1.01. The Balaban J connectivity index is 1.78. The summed E-state index contributed by atoms with van der Waals surface area (Å²) in [6.45, 7) is 1.53. The number of hydrogen-bond acceptors (Lipinski definition) is 2. The van der Waals surface area contributed by atoms with Crippen LogP contribution in [0.1, 0.15) is 48.2 Å². The molecule has 4 atom stereocenters.